The second-order valence-electron chi connectivity index (χ2n) is 14.4. The lowest BCUT2D eigenvalue weighted by Crippen LogP contribution is -2.40. The Kier molecular flexibility index (Phi) is 17.4. The van der Waals surface area contributed by atoms with Crippen molar-refractivity contribution in [1.82, 2.24) is 21.3 Å². The first kappa shape index (κ1) is 43.1. The topological polar surface area (TPSA) is 207 Å². The molecule has 0 spiro atoms. The van der Waals surface area contributed by atoms with Crippen LogP contribution in [0, 0.1) is 17.8 Å². The number of Topliss-reactive ketones (excluding diaryl/α,β-unsaturated/α-hetero) is 1. The van der Waals surface area contributed by atoms with E-state index in [-0.39, 0.29) is 40.9 Å². The summed E-state index contributed by atoms with van der Waals surface area (Å²) in [6.45, 7) is 8.30. The van der Waals surface area contributed by atoms with Crippen LogP contribution in [0.5, 0.6) is 0 Å². The van der Waals surface area contributed by atoms with Gasteiger partial charge in [-0.3, -0.25) is 14.4 Å². The van der Waals surface area contributed by atoms with Crippen LogP contribution in [-0.4, -0.2) is 93.0 Å². The fraction of sp³-hybridized carbons (Fsp3) is 0.615. The van der Waals surface area contributed by atoms with Crippen molar-refractivity contribution in [2.24, 2.45) is 23.5 Å². The number of carbonyl (C=O) groups is 5. The second-order valence-corrected chi connectivity index (χ2v) is 14.4. The molecule has 14 heteroatoms. The van der Waals surface area contributed by atoms with Crippen LogP contribution in [0.4, 0.5) is 9.59 Å². The highest BCUT2D eigenvalue weighted by molar-refractivity contribution is 6.23. The number of aliphatic hydroxyl groups excluding tert-OH is 1. The maximum atomic E-state index is 13.9. The molecular formula is C39H59N5O9. The maximum Gasteiger partial charge on any atom is 0.405 e. The van der Waals surface area contributed by atoms with Gasteiger partial charge >= 0.3 is 12.1 Å². The average molecular weight is 742 g/mol. The summed E-state index contributed by atoms with van der Waals surface area (Å²) < 4.78 is 16.7. The number of rotatable bonds is 10. The number of urea groups is 1. The molecule has 1 heterocycles. The minimum Gasteiger partial charge on any atom is -0.439 e. The van der Waals surface area contributed by atoms with Crippen LogP contribution in [0.25, 0.3) is 0 Å². The van der Waals surface area contributed by atoms with Gasteiger partial charge in [0.15, 0.2) is 6.10 Å². The molecule has 4 amide bonds. The number of ether oxygens (including phenoxy) is 3. The Hall–Kier alpha value is -4.27. The molecule has 0 radical (unpaired) electrons. The highest BCUT2D eigenvalue weighted by Gasteiger charge is 2.33. The van der Waals surface area contributed by atoms with Crippen LogP contribution in [0.1, 0.15) is 79.1 Å². The molecule has 0 aromatic carbocycles. The zero-order valence-electron chi connectivity index (χ0n) is 32.0. The van der Waals surface area contributed by atoms with Crippen LogP contribution in [0.3, 0.4) is 0 Å². The predicted octanol–water partition coefficient (Wildman–Crippen LogP) is 3.62. The van der Waals surface area contributed by atoms with E-state index in [2.05, 4.69) is 21.3 Å². The largest absolute Gasteiger partial charge is 0.439 e. The quantitative estimate of drug-likeness (QED) is 0.109. The van der Waals surface area contributed by atoms with Crippen molar-refractivity contribution in [3.63, 3.8) is 0 Å². The highest BCUT2D eigenvalue weighted by atomic mass is 16.6. The Balaban J connectivity index is 1.84. The summed E-state index contributed by atoms with van der Waals surface area (Å²) >= 11 is 0. The van der Waals surface area contributed by atoms with Gasteiger partial charge in [0.25, 0.3) is 5.91 Å². The molecule has 1 saturated carbocycles. The first-order valence-electron chi connectivity index (χ1n) is 18.6. The SMILES string of the molecule is CO[C@H]1/C=C\C=C(/C)C(=O)NC2=CC(=O)C(NCCCNC(=O)NCC3CCCCC3)=C(C[C@@H](C)C[C@H](OC)[C@H](O)[C@@H](C)/C=C(\C)[C@@H]1OC(N)=O)C2=O. The fourth-order valence-electron chi connectivity index (χ4n) is 6.97. The molecule has 294 valence electrons. The molecule has 1 aliphatic heterocycles. The number of methoxy groups -OCH3 is 2. The van der Waals surface area contributed by atoms with Crippen LogP contribution in [-0.2, 0) is 28.6 Å². The number of hydrogen-bond acceptors (Lipinski definition) is 10. The van der Waals surface area contributed by atoms with Crippen molar-refractivity contribution >= 4 is 29.6 Å². The van der Waals surface area contributed by atoms with Crippen LogP contribution in [0.15, 0.2) is 58.5 Å². The standard InChI is InChI=1S/C39H59N5O9/c1-23-18-28-33(41-16-11-17-42-39(50)43-22-27-13-8-7-9-14-27)30(45)21-29(35(28)47)44-37(48)24(2)12-10-15-31(51-5)36(53-38(40)49)26(4)20-25(3)34(46)32(19-23)52-6/h10,12,15,20-21,23,25,27,31-32,34,36,41,46H,7-9,11,13-14,16-19,22H2,1-6H3,(H2,40,49)(H,44,48)(H2,42,43,50)/b15-10-,24-12+,26-20+/t23-,25+,31+,32+,34-,36+/m1/s1. The Labute approximate surface area is 313 Å². The van der Waals surface area contributed by atoms with Crippen molar-refractivity contribution in [2.45, 2.75) is 103 Å². The fourth-order valence-corrected chi connectivity index (χ4v) is 6.97. The van der Waals surface area contributed by atoms with E-state index in [0.717, 1.165) is 18.9 Å². The number of carbonyl (C=O) groups excluding carboxylic acids is 5. The number of nitrogens with one attached hydrogen (secondary N) is 4. The van der Waals surface area contributed by atoms with Gasteiger partial charge in [-0.1, -0.05) is 57.4 Å². The van der Waals surface area contributed by atoms with Gasteiger partial charge in [0.2, 0.25) is 11.6 Å². The number of amides is 4. The number of allylic oxidation sites excluding steroid dienone is 4. The lowest BCUT2D eigenvalue weighted by molar-refractivity contribution is -0.120. The number of ketones is 2. The molecule has 53 heavy (non-hydrogen) atoms. The third kappa shape index (κ3) is 13.3. The van der Waals surface area contributed by atoms with Crippen molar-refractivity contribution in [2.75, 3.05) is 33.9 Å². The van der Waals surface area contributed by atoms with E-state index in [9.17, 15) is 29.1 Å². The van der Waals surface area contributed by atoms with Crippen LogP contribution < -0.4 is 27.0 Å². The van der Waals surface area contributed by atoms with Crippen molar-refractivity contribution in [3.8, 4) is 0 Å². The lowest BCUT2D eigenvalue weighted by atomic mass is 9.85. The summed E-state index contributed by atoms with van der Waals surface area (Å²) in [5, 5.41) is 22.9. The van der Waals surface area contributed by atoms with E-state index in [1.165, 1.54) is 39.6 Å². The summed E-state index contributed by atoms with van der Waals surface area (Å²) in [7, 11) is 2.92. The Morgan fingerprint density at radius 2 is 1.74 bits per heavy atom. The van der Waals surface area contributed by atoms with Crippen molar-refractivity contribution in [3.05, 3.63) is 58.5 Å². The van der Waals surface area contributed by atoms with Crippen LogP contribution in [0.2, 0.25) is 0 Å². The van der Waals surface area contributed by atoms with Gasteiger partial charge in [-0.25, -0.2) is 9.59 Å². The van der Waals surface area contributed by atoms with E-state index in [1.807, 2.05) is 6.92 Å². The van der Waals surface area contributed by atoms with Gasteiger partial charge in [-0.15, -0.1) is 0 Å². The maximum absolute atomic E-state index is 13.9. The average Bonchev–Trinajstić information content (AvgIpc) is 3.12. The van der Waals surface area contributed by atoms with E-state index >= 15 is 0 Å². The summed E-state index contributed by atoms with van der Waals surface area (Å²) in [5.74, 6) is -1.76. The molecule has 3 aliphatic rings. The van der Waals surface area contributed by atoms with Crippen molar-refractivity contribution in [1.29, 1.82) is 0 Å². The molecule has 0 aromatic rings. The molecule has 2 aliphatic carbocycles. The minimum atomic E-state index is -1.01. The number of primary amides is 1. The molecule has 0 aromatic heterocycles. The molecule has 2 bridgehead atoms. The minimum absolute atomic E-state index is 0.134. The van der Waals surface area contributed by atoms with Gasteiger partial charge in [-0.05, 0) is 63.4 Å². The summed E-state index contributed by atoms with van der Waals surface area (Å²) in [6.07, 6.45) is 10.0. The normalized spacial score (nSPS) is 29.5. The molecule has 0 saturated heterocycles. The van der Waals surface area contributed by atoms with Gasteiger partial charge < -0.3 is 46.3 Å². The summed E-state index contributed by atoms with van der Waals surface area (Å²) in [4.78, 5) is 64.8. The zero-order chi connectivity index (χ0) is 39.1. The first-order valence-corrected chi connectivity index (χ1v) is 18.6. The monoisotopic (exact) mass is 741 g/mol. The third-order valence-corrected chi connectivity index (χ3v) is 10.0. The molecular weight excluding hydrogens is 682 g/mol. The van der Waals surface area contributed by atoms with Gasteiger partial charge in [0.05, 0.1) is 23.6 Å². The number of hydrogen-bond donors (Lipinski definition) is 6. The van der Waals surface area contributed by atoms with E-state index in [0.29, 0.717) is 44.0 Å². The smallest absolute Gasteiger partial charge is 0.405 e. The van der Waals surface area contributed by atoms with Gasteiger partial charge in [0, 0.05) is 57.0 Å². The number of aliphatic hydroxyl groups is 1. The lowest BCUT2D eigenvalue weighted by Gasteiger charge is -2.30. The molecule has 7 N–H and O–H groups in total. The predicted molar refractivity (Wildman–Crippen MR) is 200 cm³/mol. The van der Waals surface area contributed by atoms with E-state index < -0.39 is 53.9 Å². The molecule has 6 atom stereocenters. The summed E-state index contributed by atoms with van der Waals surface area (Å²) in [6, 6.07) is -0.231. The van der Waals surface area contributed by atoms with Gasteiger partial charge in [-0.2, -0.15) is 0 Å². The van der Waals surface area contributed by atoms with E-state index in [4.69, 9.17) is 19.9 Å². The first-order chi connectivity index (χ1) is 25.2. The Morgan fingerprint density at radius 1 is 1.02 bits per heavy atom. The van der Waals surface area contributed by atoms with E-state index in [1.54, 1.807) is 39.0 Å². The molecule has 14 nitrogen and oxygen atoms in total. The Bertz CT molecular complexity index is 1480. The molecule has 3 rings (SSSR count). The Morgan fingerprint density at radius 3 is 2.40 bits per heavy atom. The van der Waals surface area contributed by atoms with Crippen LogP contribution >= 0.6 is 0 Å². The highest BCUT2D eigenvalue weighted by Crippen LogP contribution is 2.29. The van der Waals surface area contributed by atoms with Crippen molar-refractivity contribution < 1.29 is 43.3 Å². The molecule has 1 fully saturated rings. The van der Waals surface area contributed by atoms with Gasteiger partial charge in [0.1, 0.15) is 6.10 Å². The summed E-state index contributed by atoms with van der Waals surface area (Å²) in [5.41, 5.74) is 6.38. The number of fused-ring (bicyclic) bond motifs is 2. The molecule has 0 unspecified atom stereocenters. The third-order valence-electron chi connectivity index (χ3n) is 10.0. The zero-order valence-corrected chi connectivity index (χ0v) is 32.0. The second kappa shape index (κ2) is 21.4. The number of nitrogens with two attached hydrogens (primary N) is 1.